The number of halogens is 3. The number of benzene rings is 1. The van der Waals surface area contributed by atoms with Crippen molar-refractivity contribution in [2.75, 3.05) is 26.1 Å². The summed E-state index contributed by atoms with van der Waals surface area (Å²) in [7, 11) is 3.01. The molecule has 0 radical (unpaired) electrons. The van der Waals surface area contributed by atoms with Crippen molar-refractivity contribution in [1.82, 2.24) is 20.6 Å². The van der Waals surface area contributed by atoms with E-state index in [0.29, 0.717) is 54.3 Å². The predicted octanol–water partition coefficient (Wildman–Crippen LogP) is 4.14. The van der Waals surface area contributed by atoms with Crippen LogP contribution in [-0.2, 0) is 20.5 Å². The molecule has 1 aromatic heterocycles. The van der Waals surface area contributed by atoms with Crippen molar-refractivity contribution in [3.05, 3.63) is 35.3 Å². The standard InChI is InChI=1S/C28H34F3N5O4/c1-14-22(27(38)32-2)24-25(33-14)23(19-12-16(28(29,30)31)6-11-20(19)40-18-9-10-18)35-26(36-24)15-4-7-17(8-5-15)34-21(37)13-39-3/h6,11-12,14-15,17-18,22,33H,4-5,7-10,13H2,1-3H3,(H,32,38)(H,34,37). The summed E-state index contributed by atoms with van der Waals surface area (Å²) in [6.07, 6.45) is -0.166. The number of rotatable bonds is 8. The van der Waals surface area contributed by atoms with Crippen LogP contribution in [0.4, 0.5) is 18.9 Å². The second-order valence-electron chi connectivity index (χ2n) is 10.8. The van der Waals surface area contributed by atoms with Gasteiger partial charge in [-0.1, -0.05) is 0 Å². The van der Waals surface area contributed by atoms with E-state index >= 15 is 0 Å². The Kier molecular flexibility index (Phi) is 7.89. The fraction of sp³-hybridized carbons (Fsp3) is 0.571. The summed E-state index contributed by atoms with van der Waals surface area (Å²) >= 11 is 0. The van der Waals surface area contributed by atoms with Crippen LogP contribution >= 0.6 is 0 Å². The van der Waals surface area contributed by atoms with Crippen LogP contribution in [-0.4, -0.2) is 60.7 Å². The van der Waals surface area contributed by atoms with E-state index in [9.17, 15) is 22.8 Å². The lowest BCUT2D eigenvalue weighted by atomic mass is 9.85. The van der Waals surface area contributed by atoms with Crippen molar-refractivity contribution in [2.45, 2.75) is 81.6 Å². The van der Waals surface area contributed by atoms with Gasteiger partial charge in [0.05, 0.1) is 23.0 Å². The first-order chi connectivity index (χ1) is 19.1. The molecule has 0 bridgehead atoms. The summed E-state index contributed by atoms with van der Waals surface area (Å²) < 4.78 is 52.3. The fourth-order valence-corrected chi connectivity index (χ4v) is 5.55. The Morgan fingerprint density at radius 2 is 1.82 bits per heavy atom. The highest BCUT2D eigenvalue weighted by Gasteiger charge is 2.41. The molecular weight excluding hydrogens is 527 g/mol. The number of aromatic nitrogens is 2. The lowest BCUT2D eigenvalue weighted by Gasteiger charge is -2.29. The Morgan fingerprint density at radius 1 is 1.10 bits per heavy atom. The van der Waals surface area contributed by atoms with E-state index in [4.69, 9.17) is 19.4 Å². The molecule has 2 heterocycles. The number of nitrogens with zero attached hydrogens (tertiary/aromatic N) is 2. The predicted molar refractivity (Wildman–Crippen MR) is 141 cm³/mol. The molecule has 1 aliphatic heterocycles. The highest BCUT2D eigenvalue weighted by Crippen LogP contribution is 2.47. The number of amides is 2. The van der Waals surface area contributed by atoms with Crippen LogP contribution in [0.3, 0.4) is 0 Å². The van der Waals surface area contributed by atoms with Crippen molar-refractivity contribution < 1.29 is 32.2 Å². The van der Waals surface area contributed by atoms with Crippen LogP contribution in [0.15, 0.2) is 18.2 Å². The number of fused-ring (bicyclic) bond motifs is 1. The minimum Gasteiger partial charge on any atom is -0.490 e. The third kappa shape index (κ3) is 5.86. The van der Waals surface area contributed by atoms with Gasteiger partial charge in [0.1, 0.15) is 29.8 Å². The fourth-order valence-electron chi connectivity index (χ4n) is 5.55. The van der Waals surface area contributed by atoms with E-state index in [1.165, 1.54) is 13.2 Å². The number of likely N-dealkylation sites (N-methyl/N-ethyl adjacent to an activating group) is 1. The van der Waals surface area contributed by atoms with Gasteiger partial charge in [0.15, 0.2) is 0 Å². The van der Waals surface area contributed by atoms with Crippen LogP contribution in [0.25, 0.3) is 11.3 Å². The zero-order chi connectivity index (χ0) is 28.6. The van der Waals surface area contributed by atoms with E-state index in [1.54, 1.807) is 7.05 Å². The molecule has 216 valence electrons. The van der Waals surface area contributed by atoms with E-state index < -0.39 is 17.7 Å². The minimum atomic E-state index is -4.55. The molecule has 40 heavy (non-hydrogen) atoms. The molecular formula is C28H34F3N5O4. The summed E-state index contributed by atoms with van der Waals surface area (Å²) in [4.78, 5) is 34.6. The van der Waals surface area contributed by atoms with Gasteiger partial charge in [-0.2, -0.15) is 13.2 Å². The summed E-state index contributed by atoms with van der Waals surface area (Å²) in [6, 6.07) is 3.10. The Bertz CT molecular complexity index is 1280. The molecule has 0 spiro atoms. The van der Waals surface area contributed by atoms with Crippen LogP contribution in [0, 0.1) is 0 Å². The first-order valence-corrected chi connectivity index (χ1v) is 13.7. The van der Waals surface area contributed by atoms with E-state index in [-0.39, 0.29) is 48.1 Å². The molecule has 2 aromatic rings. The number of hydrogen-bond acceptors (Lipinski definition) is 7. The van der Waals surface area contributed by atoms with Gasteiger partial charge in [-0.15, -0.1) is 0 Å². The molecule has 2 amide bonds. The zero-order valence-electron chi connectivity index (χ0n) is 22.7. The quantitative estimate of drug-likeness (QED) is 0.444. The van der Waals surface area contributed by atoms with E-state index in [1.807, 2.05) is 6.92 Å². The van der Waals surface area contributed by atoms with Gasteiger partial charge in [-0.25, -0.2) is 9.97 Å². The normalized spacial score (nSPS) is 24.1. The van der Waals surface area contributed by atoms with Gasteiger partial charge in [0, 0.05) is 37.7 Å². The van der Waals surface area contributed by atoms with E-state index in [2.05, 4.69) is 16.0 Å². The van der Waals surface area contributed by atoms with Crippen LogP contribution < -0.4 is 20.7 Å². The number of carbonyl (C=O) groups is 2. The number of anilines is 1. The minimum absolute atomic E-state index is 0.00452. The third-order valence-corrected chi connectivity index (χ3v) is 7.76. The first kappa shape index (κ1) is 28.1. The molecule has 2 saturated carbocycles. The smallest absolute Gasteiger partial charge is 0.416 e. The molecule has 2 atom stereocenters. The van der Waals surface area contributed by atoms with E-state index in [0.717, 1.165) is 25.0 Å². The lowest BCUT2D eigenvalue weighted by molar-refractivity contribution is -0.137. The second kappa shape index (κ2) is 11.2. The van der Waals surface area contributed by atoms with Gasteiger partial charge in [-0.3, -0.25) is 9.59 Å². The molecule has 9 nitrogen and oxygen atoms in total. The second-order valence-corrected chi connectivity index (χ2v) is 10.8. The Balaban J connectivity index is 1.56. The molecule has 0 saturated heterocycles. The molecule has 2 aliphatic carbocycles. The lowest BCUT2D eigenvalue weighted by Crippen LogP contribution is -2.39. The molecule has 3 aliphatic rings. The number of hydrogen-bond donors (Lipinski definition) is 3. The summed E-state index contributed by atoms with van der Waals surface area (Å²) in [6.45, 7) is 1.83. The molecule has 3 N–H and O–H groups in total. The van der Waals surface area contributed by atoms with Crippen LogP contribution in [0.1, 0.15) is 74.4 Å². The Hall–Kier alpha value is -3.41. The molecule has 2 fully saturated rings. The van der Waals surface area contributed by atoms with Crippen LogP contribution in [0.5, 0.6) is 5.75 Å². The van der Waals surface area contributed by atoms with Gasteiger partial charge < -0.3 is 25.4 Å². The van der Waals surface area contributed by atoms with Crippen molar-refractivity contribution in [1.29, 1.82) is 0 Å². The average Bonchev–Trinajstić information content (AvgIpc) is 3.67. The van der Waals surface area contributed by atoms with Crippen molar-refractivity contribution in [3.63, 3.8) is 0 Å². The van der Waals surface area contributed by atoms with Gasteiger partial charge in [0.25, 0.3) is 0 Å². The summed E-state index contributed by atoms with van der Waals surface area (Å²) in [5, 5.41) is 8.92. The maximum absolute atomic E-state index is 13.8. The summed E-state index contributed by atoms with van der Waals surface area (Å²) in [5.41, 5.74) is 0.637. The number of ether oxygens (including phenoxy) is 2. The zero-order valence-corrected chi connectivity index (χ0v) is 22.7. The Morgan fingerprint density at radius 3 is 2.45 bits per heavy atom. The van der Waals surface area contributed by atoms with Crippen molar-refractivity contribution in [3.8, 4) is 17.0 Å². The SMILES string of the molecule is CNC(=O)C1c2nc(C3CCC(NC(=O)COC)CC3)nc(-c3cc(C(F)(F)F)ccc3OC3CC3)c2NC1C. The monoisotopic (exact) mass is 561 g/mol. The Labute approximate surface area is 230 Å². The highest BCUT2D eigenvalue weighted by atomic mass is 19.4. The molecule has 1 aromatic carbocycles. The third-order valence-electron chi connectivity index (χ3n) is 7.76. The molecule has 5 rings (SSSR count). The van der Waals surface area contributed by atoms with Crippen molar-refractivity contribution >= 4 is 17.5 Å². The number of alkyl halides is 3. The van der Waals surface area contributed by atoms with Crippen LogP contribution in [0.2, 0.25) is 0 Å². The van der Waals surface area contributed by atoms with Gasteiger partial charge in [0.2, 0.25) is 11.8 Å². The average molecular weight is 562 g/mol. The van der Waals surface area contributed by atoms with Crippen molar-refractivity contribution in [2.24, 2.45) is 0 Å². The topological polar surface area (TPSA) is 114 Å². The number of methoxy groups -OCH3 is 1. The highest BCUT2D eigenvalue weighted by molar-refractivity contribution is 5.92. The summed E-state index contributed by atoms with van der Waals surface area (Å²) in [5.74, 6) is -0.330. The molecule has 12 heteroatoms. The van der Waals surface area contributed by atoms with Gasteiger partial charge >= 0.3 is 6.18 Å². The maximum Gasteiger partial charge on any atom is 0.416 e. The maximum atomic E-state index is 13.8. The number of carbonyl (C=O) groups excluding carboxylic acids is 2. The largest absolute Gasteiger partial charge is 0.490 e. The van der Waals surface area contributed by atoms with Gasteiger partial charge in [-0.05, 0) is 63.6 Å². The number of nitrogens with one attached hydrogen (secondary N) is 3. The first-order valence-electron chi connectivity index (χ1n) is 13.7. The molecule has 2 unspecified atom stereocenters.